The highest BCUT2D eigenvalue weighted by molar-refractivity contribution is 5.37. The molecular weight excluding hydrogens is 222 g/mol. The van der Waals surface area contributed by atoms with Crippen LogP contribution in [0.1, 0.15) is 32.5 Å². The van der Waals surface area contributed by atoms with Crippen molar-refractivity contribution < 1.29 is 10.2 Å². The number of nitrogens with one attached hydrogen (secondary N) is 2. The zero-order chi connectivity index (χ0) is 13.1. The number of aliphatic hydroxyl groups is 2. The van der Waals surface area contributed by atoms with Crippen molar-refractivity contribution in [3.8, 4) is 0 Å². The summed E-state index contributed by atoms with van der Waals surface area (Å²) in [6, 6.07) is 1.30. The van der Waals surface area contributed by atoms with Gasteiger partial charge in [-0.1, -0.05) is 13.8 Å². The van der Waals surface area contributed by atoms with E-state index in [1.165, 1.54) is 6.07 Å². The summed E-state index contributed by atoms with van der Waals surface area (Å²) >= 11 is 0. The maximum Gasteiger partial charge on any atom is 0.252 e. The Hall–Kier alpha value is -1.40. The Morgan fingerprint density at radius 1 is 1.47 bits per heavy atom. The summed E-state index contributed by atoms with van der Waals surface area (Å²) in [5.74, 6) is 1.01. The van der Waals surface area contributed by atoms with Crippen LogP contribution in [-0.2, 0) is 0 Å². The van der Waals surface area contributed by atoms with Crippen molar-refractivity contribution in [2.24, 2.45) is 0 Å². The second kappa shape index (κ2) is 5.29. The molecule has 0 aromatic carbocycles. The van der Waals surface area contributed by atoms with Gasteiger partial charge in [0, 0.05) is 12.0 Å². The van der Waals surface area contributed by atoms with E-state index in [0.29, 0.717) is 11.6 Å². The SMILES string of the molecule is CC(C)c1nc(NC(C)(CO)CO)cc(=O)[nH]1. The minimum Gasteiger partial charge on any atom is -0.394 e. The van der Waals surface area contributed by atoms with Gasteiger partial charge in [0.25, 0.3) is 5.56 Å². The zero-order valence-corrected chi connectivity index (χ0v) is 10.3. The molecule has 1 aromatic rings. The Balaban J connectivity index is 3.03. The van der Waals surface area contributed by atoms with Crippen molar-refractivity contribution in [3.63, 3.8) is 0 Å². The van der Waals surface area contributed by atoms with E-state index in [-0.39, 0.29) is 24.7 Å². The standard InChI is InChI=1S/C11H19N3O3/c1-7(2)10-12-8(4-9(17)13-10)14-11(3,5-15)6-16/h4,7,15-16H,5-6H2,1-3H3,(H2,12,13,14,17). The van der Waals surface area contributed by atoms with Gasteiger partial charge in [0.2, 0.25) is 0 Å². The third-order valence-corrected chi connectivity index (χ3v) is 2.43. The molecule has 0 unspecified atom stereocenters. The van der Waals surface area contributed by atoms with Crippen LogP contribution >= 0.6 is 0 Å². The van der Waals surface area contributed by atoms with E-state index in [9.17, 15) is 4.79 Å². The molecule has 0 bridgehead atoms. The number of H-pyrrole nitrogens is 1. The van der Waals surface area contributed by atoms with Crippen LogP contribution < -0.4 is 10.9 Å². The van der Waals surface area contributed by atoms with Crippen LogP contribution in [0.2, 0.25) is 0 Å². The fourth-order valence-electron chi connectivity index (χ4n) is 1.25. The summed E-state index contributed by atoms with van der Waals surface area (Å²) in [6.45, 7) is 4.97. The third-order valence-electron chi connectivity index (χ3n) is 2.43. The van der Waals surface area contributed by atoms with Crippen molar-refractivity contribution in [2.45, 2.75) is 32.2 Å². The summed E-state index contributed by atoms with van der Waals surface area (Å²) in [6.07, 6.45) is 0. The second-order valence-corrected chi connectivity index (χ2v) is 4.67. The highest BCUT2D eigenvalue weighted by Crippen LogP contribution is 2.13. The van der Waals surface area contributed by atoms with Crippen LogP contribution in [0.3, 0.4) is 0 Å². The van der Waals surface area contributed by atoms with Gasteiger partial charge in [-0.05, 0) is 6.92 Å². The van der Waals surface area contributed by atoms with Crippen LogP contribution in [-0.4, -0.2) is 38.9 Å². The fourth-order valence-corrected chi connectivity index (χ4v) is 1.25. The van der Waals surface area contributed by atoms with Crippen LogP contribution in [0.15, 0.2) is 10.9 Å². The van der Waals surface area contributed by atoms with E-state index in [4.69, 9.17) is 10.2 Å². The predicted octanol–water partition coefficient (Wildman–Crippen LogP) is 0.0485. The van der Waals surface area contributed by atoms with Gasteiger partial charge in [-0.2, -0.15) is 0 Å². The average Bonchev–Trinajstić information content (AvgIpc) is 2.28. The molecule has 0 spiro atoms. The van der Waals surface area contributed by atoms with E-state index < -0.39 is 5.54 Å². The molecule has 0 amide bonds. The van der Waals surface area contributed by atoms with E-state index >= 15 is 0 Å². The van der Waals surface area contributed by atoms with E-state index in [0.717, 1.165) is 0 Å². The monoisotopic (exact) mass is 241 g/mol. The Morgan fingerprint density at radius 3 is 2.53 bits per heavy atom. The molecule has 0 fully saturated rings. The number of anilines is 1. The Kier molecular flexibility index (Phi) is 4.25. The van der Waals surface area contributed by atoms with Gasteiger partial charge in [-0.3, -0.25) is 4.79 Å². The van der Waals surface area contributed by atoms with Crippen molar-refractivity contribution >= 4 is 5.82 Å². The van der Waals surface area contributed by atoms with Gasteiger partial charge in [-0.15, -0.1) is 0 Å². The Morgan fingerprint density at radius 2 is 2.06 bits per heavy atom. The van der Waals surface area contributed by atoms with Gasteiger partial charge in [-0.25, -0.2) is 4.98 Å². The molecule has 0 radical (unpaired) electrons. The molecule has 0 saturated carbocycles. The first-order valence-corrected chi connectivity index (χ1v) is 5.51. The minimum atomic E-state index is -0.894. The van der Waals surface area contributed by atoms with Gasteiger partial charge in [0.05, 0.1) is 18.8 Å². The second-order valence-electron chi connectivity index (χ2n) is 4.67. The molecule has 1 rings (SSSR count). The number of aromatic amines is 1. The summed E-state index contributed by atoms with van der Waals surface area (Å²) in [5.41, 5.74) is -1.15. The van der Waals surface area contributed by atoms with Gasteiger partial charge < -0.3 is 20.5 Å². The lowest BCUT2D eigenvalue weighted by Gasteiger charge is -2.26. The average molecular weight is 241 g/mol. The fraction of sp³-hybridized carbons (Fsp3) is 0.636. The van der Waals surface area contributed by atoms with Crippen molar-refractivity contribution in [1.82, 2.24) is 9.97 Å². The minimum absolute atomic E-state index is 0.0963. The largest absolute Gasteiger partial charge is 0.394 e. The first kappa shape index (κ1) is 13.7. The molecule has 1 heterocycles. The first-order chi connectivity index (χ1) is 7.90. The number of aromatic nitrogens is 2. The zero-order valence-electron chi connectivity index (χ0n) is 10.3. The Bertz CT molecular complexity index is 424. The lowest BCUT2D eigenvalue weighted by Crippen LogP contribution is -2.43. The van der Waals surface area contributed by atoms with Crippen LogP contribution in [0, 0.1) is 0 Å². The highest BCUT2D eigenvalue weighted by atomic mass is 16.3. The molecular formula is C11H19N3O3. The molecule has 0 aliphatic heterocycles. The van der Waals surface area contributed by atoms with Gasteiger partial charge in [0.1, 0.15) is 11.6 Å². The lowest BCUT2D eigenvalue weighted by atomic mass is 10.1. The molecule has 0 aliphatic rings. The maximum absolute atomic E-state index is 11.4. The van der Waals surface area contributed by atoms with E-state index in [2.05, 4.69) is 15.3 Å². The van der Waals surface area contributed by atoms with Crippen LogP contribution in [0.5, 0.6) is 0 Å². The summed E-state index contributed by atoms with van der Waals surface area (Å²) < 4.78 is 0. The number of hydrogen-bond acceptors (Lipinski definition) is 5. The smallest absolute Gasteiger partial charge is 0.252 e. The molecule has 0 atom stereocenters. The lowest BCUT2D eigenvalue weighted by molar-refractivity contribution is 0.147. The highest BCUT2D eigenvalue weighted by Gasteiger charge is 2.22. The number of nitrogens with zero attached hydrogens (tertiary/aromatic N) is 1. The normalized spacial score (nSPS) is 11.9. The molecule has 17 heavy (non-hydrogen) atoms. The Labute approximate surface area is 99.7 Å². The molecule has 96 valence electrons. The van der Waals surface area contributed by atoms with Crippen LogP contribution in [0.4, 0.5) is 5.82 Å². The topological polar surface area (TPSA) is 98.2 Å². The molecule has 6 heteroatoms. The number of rotatable bonds is 5. The molecule has 6 nitrogen and oxygen atoms in total. The summed E-state index contributed by atoms with van der Waals surface area (Å²) in [5, 5.41) is 21.2. The third kappa shape index (κ3) is 3.54. The number of aliphatic hydroxyl groups excluding tert-OH is 2. The molecule has 0 saturated heterocycles. The van der Waals surface area contributed by atoms with Crippen LogP contribution in [0.25, 0.3) is 0 Å². The number of hydrogen-bond donors (Lipinski definition) is 4. The summed E-state index contributed by atoms with van der Waals surface area (Å²) in [4.78, 5) is 18.3. The maximum atomic E-state index is 11.4. The predicted molar refractivity (Wildman–Crippen MR) is 65.1 cm³/mol. The van der Waals surface area contributed by atoms with E-state index in [1.807, 2.05) is 13.8 Å². The summed E-state index contributed by atoms with van der Waals surface area (Å²) in [7, 11) is 0. The quantitative estimate of drug-likeness (QED) is 0.584. The van der Waals surface area contributed by atoms with E-state index in [1.54, 1.807) is 6.92 Å². The van der Waals surface area contributed by atoms with Crippen molar-refractivity contribution in [1.29, 1.82) is 0 Å². The van der Waals surface area contributed by atoms with Crippen molar-refractivity contribution in [2.75, 3.05) is 18.5 Å². The molecule has 1 aromatic heterocycles. The van der Waals surface area contributed by atoms with Gasteiger partial charge in [0.15, 0.2) is 0 Å². The molecule has 0 aliphatic carbocycles. The van der Waals surface area contributed by atoms with Gasteiger partial charge >= 0.3 is 0 Å². The molecule has 4 N–H and O–H groups in total. The first-order valence-electron chi connectivity index (χ1n) is 5.51. The van der Waals surface area contributed by atoms with Crippen molar-refractivity contribution in [3.05, 3.63) is 22.2 Å².